The number of hydrogen-bond acceptors (Lipinski definition) is 5. The standard InChI is InChI=1S/C9H9N3O5S/c13-6-4(1-10-9(17)11-6)7(14)12-3-18-2-5(12)8(15)16/h1,5H,2-3H2,(H,15,16)(H2,10,11,13,17). The van der Waals surface area contributed by atoms with Crippen LogP contribution in [0.4, 0.5) is 0 Å². The van der Waals surface area contributed by atoms with Crippen molar-refractivity contribution in [2.24, 2.45) is 0 Å². The number of carboxylic acid groups (broad SMARTS) is 1. The highest BCUT2D eigenvalue weighted by atomic mass is 32.2. The molecule has 0 bridgehead atoms. The molecule has 0 saturated carbocycles. The molecule has 96 valence electrons. The van der Waals surface area contributed by atoms with Crippen LogP contribution in [0.15, 0.2) is 15.8 Å². The summed E-state index contributed by atoms with van der Waals surface area (Å²) >= 11 is 1.29. The second kappa shape index (κ2) is 4.69. The van der Waals surface area contributed by atoms with Gasteiger partial charge in [0.05, 0.1) is 5.88 Å². The molecule has 1 aliphatic rings. The number of rotatable bonds is 2. The molecular formula is C9H9N3O5S. The number of thioether (sulfide) groups is 1. The fraction of sp³-hybridized carbons (Fsp3) is 0.333. The average molecular weight is 271 g/mol. The van der Waals surface area contributed by atoms with E-state index in [1.54, 1.807) is 0 Å². The quantitative estimate of drug-likeness (QED) is 0.612. The first-order valence-electron chi connectivity index (χ1n) is 4.94. The molecule has 8 nitrogen and oxygen atoms in total. The van der Waals surface area contributed by atoms with Gasteiger partial charge in [-0.15, -0.1) is 11.8 Å². The van der Waals surface area contributed by atoms with E-state index in [9.17, 15) is 19.2 Å². The van der Waals surface area contributed by atoms with Crippen LogP contribution in [0.25, 0.3) is 0 Å². The van der Waals surface area contributed by atoms with Gasteiger partial charge in [0, 0.05) is 11.9 Å². The normalized spacial score (nSPS) is 18.9. The summed E-state index contributed by atoms with van der Waals surface area (Å²) in [5.41, 5.74) is -1.82. The van der Waals surface area contributed by atoms with E-state index >= 15 is 0 Å². The van der Waals surface area contributed by atoms with Gasteiger partial charge in [-0.1, -0.05) is 0 Å². The Labute approximate surface area is 104 Å². The summed E-state index contributed by atoms with van der Waals surface area (Å²) in [7, 11) is 0. The summed E-state index contributed by atoms with van der Waals surface area (Å²) in [6.07, 6.45) is 0.991. The summed E-state index contributed by atoms with van der Waals surface area (Å²) in [5, 5.41) is 8.94. The molecule has 1 aromatic heterocycles. The van der Waals surface area contributed by atoms with Crippen molar-refractivity contribution >= 4 is 23.6 Å². The Hall–Kier alpha value is -2.03. The van der Waals surface area contributed by atoms with Gasteiger partial charge in [-0.2, -0.15) is 0 Å². The molecule has 1 amide bonds. The first-order chi connectivity index (χ1) is 8.50. The molecule has 1 aliphatic heterocycles. The first-order valence-corrected chi connectivity index (χ1v) is 6.09. The smallest absolute Gasteiger partial charge is 0.327 e. The third kappa shape index (κ3) is 2.16. The van der Waals surface area contributed by atoms with Gasteiger partial charge >= 0.3 is 11.7 Å². The van der Waals surface area contributed by atoms with E-state index in [2.05, 4.69) is 4.98 Å². The van der Waals surface area contributed by atoms with Gasteiger partial charge in [-0.3, -0.25) is 14.6 Å². The first kappa shape index (κ1) is 12.4. The number of aromatic amines is 2. The van der Waals surface area contributed by atoms with Crippen LogP contribution in [-0.4, -0.2) is 49.5 Å². The number of amides is 1. The highest BCUT2D eigenvalue weighted by molar-refractivity contribution is 7.99. The van der Waals surface area contributed by atoms with Gasteiger partial charge in [0.2, 0.25) is 0 Å². The fourth-order valence-electron chi connectivity index (χ4n) is 1.57. The van der Waals surface area contributed by atoms with E-state index in [1.165, 1.54) is 11.8 Å². The molecule has 2 rings (SSSR count). The van der Waals surface area contributed by atoms with Crippen LogP contribution in [0.2, 0.25) is 0 Å². The van der Waals surface area contributed by atoms with Crippen molar-refractivity contribution in [1.29, 1.82) is 0 Å². The lowest BCUT2D eigenvalue weighted by Crippen LogP contribution is -2.44. The average Bonchev–Trinajstić information content (AvgIpc) is 2.77. The number of H-pyrrole nitrogens is 2. The van der Waals surface area contributed by atoms with Crippen molar-refractivity contribution in [3.05, 3.63) is 32.6 Å². The van der Waals surface area contributed by atoms with Gasteiger partial charge in [0.15, 0.2) is 0 Å². The van der Waals surface area contributed by atoms with Crippen LogP contribution >= 0.6 is 11.8 Å². The Balaban J connectivity index is 2.34. The molecule has 3 N–H and O–H groups in total. The number of hydrogen-bond donors (Lipinski definition) is 3. The van der Waals surface area contributed by atoms with Crippen LogP contribution in [-0.2, 0) is 4.79 Å². The van der Waals surface area contributed by atoms with Crippen LogP contribution in [0.3, 0.4) is 0 Å². The van der Waals surface area contributed by atoms with E-state index in [0.717, 1.165) is 11.1 Å². The number of aliphatic carboxylic acids is 1. The zero-order valence-corrected chi connectivity index (χ0v) is 9.82. The van der Waals surface area contributed by atoms with Crippen LogP contribution in [0, 0.1) is 0 Å². The lowest BCUT2D eigenvalue weighted by molar-refractivity contribution is -0.140. The van der Waals surface area contributed by atoms with E-state index in [0.29, 0.717) is 0 Å². The zero-order valence-electron chi connectivity index (χ0n) is 9.00. The van der Waals surface area contributed by atoms with E-state index < -0.39 is 29.2 Å². The van der Waals surface area contributed by atoms with Crippen LogP contribution in [0.1, 0.15) is 10.4 Å². The lowest BCUT2D eigenvalue weighted by atomic mass is 10.2. The van der Waals surface area contributed by atoms with Gasteiger partial charge in [0.25, 0.3) is 11.5 Å². The van der Waals surface area contributed by atoms with Gasteiger partial charge in [0.1, 0.15) is 11.6 Å². The molecule has 1 atom stereocenters. The lowest BCUT2D eigenvalue weighted by Gasteiger charge is -2.19. The summed E-state index contributed by atoms with van der Waals surface area (Å²) < 4.78 is 0. The molecular weight excluding hydrogens is 262 g/mol. The maximum absolute atomic E-state index is 12.0. The van der Waals surface area contributed by atoms with Crippen molar-refractivity contribution < 1.29 is 14.7 Å². The summed E-state index contributed by atoms with van der Waals surface area (Å²) in [6.45, 7) is 0. The van der Waals surface area contributed by atoms with E-state index in [4.69, 9.17) is 5.11 Å². The molecule has 1 fully saturated rings. The molecule has 0 spiro atoms. The molecule has 2 heterocycles. The van der Waals surface area contributed by atoms with Crippen molar-refractivity contribution in [3.63, 3.8) is 0 Å². The van der Waals surface area contributed by atoms with E-state index in [-0.39, 0.29) is 17.2 Å². The van der Waals surface area contributed by atoms with Crippen molar-refractivity contribution in [3.8, 4) is 0 Å². The number of carbonyl (C=O) groups is 2. The summed E-state index contributed by atoms with van der Waals surface area (Å²) in [4.78, 5) is 50.4. The Morgan fingerprint density at radius 2 is 2.17 bits per heavy atom. The van der Waals surface area contributed by atoms with Crippen LogP contribution < -0.4 is 11.2 Å². The van der Waals surface area contributed by atoms with Gasteiger partial charge in [-0.25, -0.2) is 9.59 Å². The maximum Gasteiger partial charge on any atom is 0.327 e. The Morgan fingerprint density at radius 1 is 1.44 bits per heavy atom. The highest BCUT2D eigenvalue weighted by Gasteiger charge is 2.35. The maximum atomic E-state index is 12.0. The highest BCUT2D eigenvalue weighted by Crippen LogP contribution is 2.22. The Kier molecular flexibility index (Phi) is 3.24. The molecule has 1 saturated heterocycles. The second-order valence-electron chi connectivity index (χ2n) is 3.61. The Bertz CT molecular complexity index is 607. The molecule has 1 unspecified atom stereocenters. The van der Waals surface area contributed by atoms with Crippen LogP contribution in [0.5, 0.6) is 0 Å². The molecule has 9 heteroatoms. The number of aromatic nitrogens is 2. The van der Waals surface area contributed by atoms with Crippen molar-refractivity contribution in [1.82, 2.24) is 14.9 Å². The molecule has 0 aromatic carbocycles. The van der Waals surface area contributed by atoms with Gasteiger partial charge < -0.3 is 15.0 Å². The summed E-state index contributed by atoms with van der Waals surface area (Å²) in [5.74, 6) is -1.34. The number of carbonyl (C=O) groups excluding carboxylic acids is 1. The monoisotopic (exact) mass is 271 g/mol. The molecule has 1 aromatic rings. The fourth-order valence-corrected chi connectivity index (χ4v) is 2.72. The predicted octanol–water partition coefficient (Wildman–Crippen LogP) is -1.34. The third-order valence-corrected chi connectivity index (χ3v) is 3.49. The van der Waals surface area contributed by atoms with Gasteiger partial charge in [-0.05, 0) is 0 Å². The zero-order chi connectivity index (χ0) is 13.3. The molecule has 0 radical (unpaired) electrons. The number of nitrogens with zero attached hydrogens (tertiary/aromatic N) is 1. The predicted molar refractivity (Wildman–Crippen MR) is 62.6 cm³/mol. The molecule has 0 aliphatic carbocycles. The minimum atomic E-state index is -1.12. The number of nitrogens with one attached hydrogen (secondary N) is 2. The molecule has 18 heavy (non-hydrogen) atoms. The Morgan fingerprint density at radius 3 is 2.78 bits per heavy atom. The third-order valence-electron chi connectivity index (χ3n) is 2.48. The number of carboxylic acids is 1. The van der Waals surface area contributed by atoms with Crippen molar-refractivity contribution in [2.75, 3.05) is 11.6 Å². The minimum absolute atomic E-state index is 0.203. The SMILES string of the molecule is O=C(O)C1CSCN1C(=O)c1c[nH]c(=O)[nH]c1=O. The van der Waals surface area contributed by atoms with E-state index in [1.807, 2.05) is 4.98 Å². The largest absolute Gasteiger partial charge is 0.480 e. The second-order valence-corrected chi connectivity index (χ2v) is 4.61. The van der Waals surface area contributed by atoms with Crippen molar-refractivity contribution in [2.45, 2.75) is 6.04 Å². The topological polar surface area (TPSA) is 123 Å². The minimum Gasteiger partial charge on any atom is -0.480 e. The summed E-state index contributed by atoms with van der Waals surface area (Å²) in [6, 6.07) is -0.950.